The van der Waals surface area contributed by atoms with E-state index in [1.54, 1.807) is 0 Å². The van der Waals surface area contributed by atoms with Crippen LogP contribution >= 0.6 is 0 Å². The molecular formula is C53H102O6. The van der Waals surface area contributed by atoms with E-state index in [2.05, 4.69) is 34.6 Å². The maximum Gasteiger partial charge on any atom is 0.306 e. The molecule has 0 aromatic heterocycles. The van der Waals surface area contributed by atoms with E-state index in [-0.39, 0.29) is 31.1 Å². The van der Waals surface area contributed by atoms with Gasteiger partial charge in [-0.05, 0) is 31.1 Å². The second kappa shape index (κ2) is 45.9. The Hall–Kier alpha value is -1.59. The number of hydrogen-bond donors (Lipinski definition) is 0. The van der Waals surface area contributed by atoms with Crippen molar-refractivity contribution >= 4 is 17.9 Å². The van der Waals surface area contributed by atoms with Gasteiger partial charge >= 0.3 is 17.9 Å². The zero-order chi connectivity index (χ0) is 43.3. The molecule has 0 aromatic rings. The summed E-state index contributed by atoms with van der Waals surface area (Å²) >= 11 is 0. The summed E-state index contributed by atoms with van der Waals surface area (Å²) in [5, 5.41) is 0. The van der Waals surface area contributed by atoms with Crippen molar-refractivity contribution < 1.29 is 28.6 Å². The molecule has 0 aromatic carbocycles. The molecule has 6 nitrogen and oxygen atoms in total. The van der Waals surface area contributed by atoms with E-state index in [0.717, 1.165) is 69.6 Å². The number of carbonyl (C=O) groups is 3. The van der Waals surface area contributed by atoms with Gasteiger partial charge in [-0.2, -0.15) is 0 Å². The minimum absolute atomic E-state index is 0.0636. The second-order valence-electron chi connectivity index (χ2n) is 19.1. The van der Waals surface area contributed by atoms with Gasteiger partial charge in [0.15, 0.2) is 6.10 Å². The third-order valence-electron chi connectivity index (χ3n) is 12.0. The number of rotatable bonds is 47. The lowest BCUT2D eigenvalue weighted by atomic mass is 10.0. The van der Waals surface area contributed by atoms with Crippen LogP contribution in [0.3, 0.4) is 0 Å². The summed E-state index contributed by atoms with van der Waals surface area (Å²) in [6, 6.07) is 0. The molecule has 0 radical (unpaired) electrons. The summed E-state index contributed by atoms with van der Waals surface area (Å²) in [5.41, 5.74) is 0. The van der Waals surface area contributed by atoms with Crippen molar-refractivity contribution in [2.75, 3.05) is 13.2 Å². The topological polar surface area (TPSA) is 78.9 Å². The van der Waals surface area contributed by atoms with Gasteiger partial charge in [0.1, 0.15) is 13.2 Å². The molecule has 0 aliphatic rings. The molecule has 0 N–H and O–H groups in total. The van der Waals surface area contributed by atoms with Gasteiger partial charge in [-0.1, -0.05) is 253 Å². The van der Waals surface area contributed by atoms with Crippen LogP contribution in [-0.4, -0.2) is 37.2 Å². The Morgan fingerprint density at radius 3 is 0.831 bits per heavy atom. The van der Waals surface area contributed by atoms with Crippen LogP contribution in [0.1, 0.15) is 291 Å². The minimum Gasteiger partial charge on any atom is -0.462 e. The summed E-state index contributed by atoms with van der Waals surface area (Å²) in [6.07, 6.45) is 46.6. The van der Waals surface area contributed by atoms with Gasteiger partial charge in [-0.25, -0.2) is 0 Å². The average Bonchev–Trinajstić information content (AvgIpc) is 3.20. The summed E-state index contributed by atoms with van der Waals surface area (Å²) in [5.74, 6) is 0.796. The molecular weight excluding hydrogens is 733 g/mol. The predicted octanol–water partition coefficient (Wildman–Crippen LogP) is 16.9. The Morgan fingerprint density at radius 2 is 0.559 bits per heavy atom. The lowest BCUT2D eigenvalue weighted by Crippen LogP contribution is -2.30. The van der Waals surface area contributed by atoms with Crippen molar-refractivity contribution in [2.45, 2.75) is 298 Å². The SMILES string of the molecule is CCCCCCCCCCCCCCCCC(=O)OC[C@@H](COC(=O)CCCCCCCCCCCCC(C)C)OC(=O)CCCCCCCCCCCCCC(C)C. The zero-order valence-electron chi connectivity index (χ0n) is 40.4. The standard InChI is InChI=1S/C53H102O6/c1-6-7-8-9-10-11-12-13-14-17-23-28-33-38-43-51(54)57-46-50(47-58-52(55)44-39-34-29-24-20-19-22-27-32-37-42-49(4)5)59-53(56)45-40-35-30-25-18-15-16-21-26-31-36-41-48(2)3/h48-50H,6-47H2,1-5H3/t50-/m0/s1. The van der Waals surface area contributed by atoms with E-state index in [4.69, 9.17) is 14.2 Å². The van der Waals surface area contributed by atoms with Crippen molar-refractivity contribution in [3.05, 3.63) is 0 Å². The third kappa shape index (κ3) is 47.3. The molecule has 0 saturated carbocycles. The fourth-order valence-electron chi connectivity index (χ4n) is 7.99. The van der Waals surface area contributed by atoms with Crippen LogP contribution in [0.4, 0.5) is 0 Å². The highest BCUT2D eigenvalue weighted by atomic mass is 16.6. The van der Waals surface area contributed by atoms with E-state index in [0.29, 0.717) is 19.3 Å². The normalized spacial score (nSPS) is 12.1. The van der Waals surface area contributed by atoms with Gasteiger partial charge in [0.05, 0.1) is 0 Å². The first kappa shape index (κ1) is 57.4. The van der Waals surface area contributed by atoms with E-state index >= 15 is 0 Å². The fourth-order valence-corrected chi connectivity index (χ4v) is 7.99. The van der Waals surface area contributed by atoms with E-state index in [9.17, 15) is 14.4 Å². The Labute approximate surface area is 368 Å². The number of carbonyl (C=O) groups excluding carboxylic acids is 3. The summed E-state index contributed by atoms with van der Waals surface area (Å²) in [7, 11) is 0. The summed E-state index contributed by atoms with van der Waals surface area (Å²) in [6.45, 7) is 11.4. The number of unbranched alkanes of at least 4 members (excludes halogenated alkanes) is 32. The molecule has 0 unspecified atom stereocenters. The van der Waals surface area contributed by atoms with Gasteiger partial charge in [-0.15, -0.1) is 0 Å². The minimum atomic E-state index is -0.762. The van der Waals surface area contributed by atoms with Crippen LogP contribution in [0.15, 0.2) is 0 Å². The van der Waals surface area contributed by atoms with Crippen LogP contribution in [-0.2, 0) is 28.6 Å². The smallest absolute Gasteiger partial charge is 0.306 e. The highest BCUT2D eigenvalue weighted by molar-refractivity contribution is 5.71. The average molecular weight is 835 g/mol. The molecule has 0 aliphatic heterocycles. The molecule has 0 bridgehead atoms. The first-order chi connectivity index (χ1) is 28.7. The summed E-state index contributed by atoms with van der Waals surface area (Å²) < 4.78 is 16.8. The van der Waals surface area contributed by atoms with Crippen LogP contribution in [0.2, 0.25) is 0 Å². The molecule has 0 saturated heterocycles. The van der Waals surface area contributed by atoms with Gasteiger partial charge in [0.25, 0.3) is 0 Å². The highest BCUT2D eigenvalue weighted by Gasteiger charge is 2.19. The lowest BCUT2D eigenvalue weighted by Gasteiger charge is -2.18. The quantitative estimate of drug-likeness (QED) is 0.0345. The van der Waals surface area contributed by atoms with Gasteiger partial charge in [0, 0.05) is 19.3 Å². The Bertz CT molecular complexity index is 900. The van der Waals surface area contributed by atoms with Gasteiger partial charge in [0.2, 0.25) is 0 Å². The number of ether oxygens (including phenoxy) is 3. The number of hydrogen-bond acceptors (Lipinski definition) is 6. The first-order valence-corrected chi connectivity index (χ1v) is 26.2. The van der Waals surface area contributed by atoms with E-state index in [1.165, 1.54) is 180 Å². The number of esters is 3. The van der Waals surface area contributed by atoms with Crippen molar-refractivity contribution in [3.8, 4) is 0 Å². The molecule has 0 amide bonds. The molecule has 1 atom stereocenters. The Morgan fingerprint density at radius 1 is 0.322 bits per heavy atom. The largest absolute Gasteiger partial charge is 0.462 e. The van der Waals surface area contributed by atoms with Crippen LogP contribution in [0.25, 0.3) is 0 Å². The molecule has 0 spiro atoms. The molecule has 59 heavy (non-hydrogen) atoms. The molecule has 350 valence electrons. The maximum atomic E-state index is 12.8. The van der Waals surface area contributed by atoms with Crippen molar-refractivity contribution in [1.82, 2.24) is 0 Å². The van der Waals surface area contributed by atoms with Crippen LogP contribution in [0, 0.1) is 11.8 Å². The lowest BCUT2D eigenvalue weighted by molar-refractivity contribution is -0.167. The van der Waals surface area contributed by atoms with Gasteiger partial charge < -0.3 is 14.2 Å². The highest BCUT2D eigenvalue weighted by Crippen LogP contribution is 2.17. The third-order valence-corrected chi connectivity index (χ3v) is 12.0. The molecule has 6 heteroatoms. The van der Waals surface area contributed by atoms with Crippen molar-refractivity contribution in [2.24, 2.45) is 11.8 Å². The predicted molar refractivity (Wildman–Crippen MR) is 252 cm³/mol. The monoisotopic (exact) mass is 835 g/mol. The molecule has 0 heterocycles. The fraction of sp³-hybridized carbons (Fsp3) is 0.943. The molecule has 0 aliphatic carbocycles. The first-order valence-electron chi connectivity index (χ1n) is 26.2. The maximum absolute atomic E-state index is 12.8. The Kier molecular flexibility index (Phi) is 44.7. The van der Waals surface area contributed by atoms with E-state index in [1.807, 2.05) is 0 Å². The molecule has 0 fully saturated rings. The van der Waals surface area contributed by atoms with Gasteiger partial charge in [-0.3, -0.25) is 14.4 Å². The van der Waals surface area contributed by atoms with Crippen molar-refractivity contribution in [1.29, 1.82) is 0 Å². The van der Waals surface area contributed by atoms with Crippen molar-refractivity contribution in [3.63, 3.8) is 0 Å². The Balaban J connectivity index is 4.32. The van der Waals surface area contributed by atoms with E-state index < -0.39 is 6.10 Å². The molecule has 0 rings (SSSR count). The second-order valence-corrected chi connectivity index (χ2v) is 19.1. The van der Waals surface area contributed by atoms with Crippen LogP contribution in [0.5, 0.6) is 0 Å². The van der Waals surface area contributed by atoms with Crippen LogP contribution < -0.4 is 0 Å². The zero-order valence-corrected chi connectivity index (χ0v) is 40.4. The summed E-state index contributed by atoms with van der Waals surface area (Å²) in [4.78, 5) is 38.0.